The number of aryl methyl sites for hydroxylation is 1. The fourth-order valence-electron chi connectivity index (χ4n) is 3.31. The summed E-state index contributed by atoms with van der Waals surface area (Å²) in [5.41, 5.74) is 2.38. The van der Waals surface area contributed by atoms with Gasteiger partial charge in [0.25, 0.3) is 0 Å². The number of aromatic nitrogens is 3. The van der Waals surface area contributed by atoms with E-state index in [-0.39, 0.29) is 6.04 Å². The number of pyridine rings is 1. The van der Waals surface area contributed by atoms with Crippen LogP contribution >= 0.6 is 11.3 Å². The second-order valence-corrected chi connectivity index (χ2v) is 7.17. The Morgan fingerprint density at radius 1 is 1.16 bits per heavy atom. The van der Waals surface area contributed by atoms with Crippen molar-refractivity contribution in [2.45, 2.75) is 19.5 Å². The molecule has 0 saturated carbocycles. The molecule has 0 radical (unpaired) electrons. The van der Waals surface area contributed by atoms with Crippen LogP contribution in [0.15, 0.2) is 48.2 Å². The van der Waals surface area contributed by atoms with Crippen molar-refractivity contribution >= 4 is 11.3 Å². The topological polar surface area (TPSA) is 43.2 Å². The molecule has 0 N–H and O–H groups in total. The van der Waals surface area contributed by atoms with Gasteiger partial charge in [-0.1, -0.05) is 6.07 Å². The Hall–Kier alpha value is -2.02. The molecule has 0 aliphatic carbocycles. The molecule has 1 aliphatic heterocycles. The SMILES string of the molecule is Cc1ccsc1-c1nccn1CC(c1ccccn1)N1CCOCC1. The molecule has 1 unspecified atom stereocenters. The zero-order valence-electron chi connectivity index (χ0n) is 14.3. The van der Waals surface area contributed by atoms with Gasteiger partial charge in [-0.05, 0) is 36.1 Å². The van der Waals surface area contributed by atoms with Gasteiger partial charge in [0.05, 0.1) is 29.8 Å². The maximum absolute atomic E-state index is 5.54. The Morgan fingerprint density at radius 3 is 2.76 bits per heavy atom. The van der Waals surface area contributed by atoms with Crippen molar-refractivity contribution in [3.63, 3.8) is 0 Å². The van der Waals surface area contributed by atoms with Crippen molar-refractivity contribution in [3.8, 4) is 10.7 Å². The van der Waals surface area contributed by atoms with Gasteiger partial charge in [-0.2, -0.15) is 0 Å². The lowest BCUT2D eigenvalue weighted by molar-refractivity contribution is 0.0115. The van der Waals surface area contributed by atoms with E-state index in [0.717, 1.165) is 44.4 Å². The third-order valence-electron chi connectivity index (χ3n) is 4.67. The summed E-state index contributed by atoms with van der Waals surface area (Å²) in [5, 5.41) is 2.13. The van der Waals surface area contributed by atoms with E-state index in [1.165, 1.54) is 10.4 Å². The molecular formula is C19H22N4OS. The first-order valence-electron chi connectivity index (χ1n) is 8.61. The third kappa shape index (κ3) is 3.51. The Labute approximate surface area is 151 Å². The van der Waals surface area contributed by atoms with Crippen LogP contribution in [0.25, 0.3) is 10.7 Å². The smallest absolute Gasteiger partial charge is 0.150 e. The van der Waals surface area contributed by atoms with E-state index in [1.807, 2.05) is 18.5 Å². The highest BCUT2D eigenvalue weighted by Crippen LogP contribution is 2.30. The van der Waals surface area contributed by atoms with Crippen LogP contribution in [0.3, 0.4) is 0 Å². The first kappa shape index (κ1) is 16.4. The quantitative estimate of drug-likeness (QED) is 0.704. The van der Waals surface area contributed by atoms with Gasteiger partial charge in [0.2, 0.25) is 0 Å². The van der Waals surface area contributed by atoms with Crippen molar-refractivity contribution in [2.24, 2.45) is 0 Å². The molecule has 130 valence electrons. The van der Waals surface area contributed by atoms with E-state index in [4.69, 9.17) is 4.74 Å². The number of rotatable bonds is 5. The molecule has 5 nitrogen and oxygen atoms in total. The zero-order valence-corrected chi connectivity index (χ0v) is 15.2. The van der Waals surface area contributed by atoms with E-state index in [9.17, 15) is 0 Å². The van der Waals surface area contributed by atoms with Crippen LogP contribution in [0.5, 0.6) is 0 Å². The number of morpholine rings is 1. The number of hydrogen-bond acceptors (Lipinski definition) is 5. The predicted molar refractivity (Wildman–Crippen MR) is 99.6 cm³/mol. The summed E-state index contributed by atoms with van der Waals surface area (Å²) in [7, 11) is 0. The fourth-order valence-corrected chi connectivity index (χ4v) is 4.25. The standard InChI is InChI=1S/C19H22N4OS/c1-15-5-13-25-18(15)19-21-7-8-23(19)14-17(16-4-2-3-6-20-16)22-9-11-24-12-10-22/h2-8,13,17H,9-12,14H2,1H3. The molecule has 1 fully saturated rings. The highest BCUT2D eigenvalue weighted by atomic mass is 32.1. The van der Waals surface area contributed by atoms with Crippen LogP contribution in [-0.2, 0) is 11.3 Å². The maximum Gasteiger partial charge on any atom is 0.150 e. The van der Waals surface area contributed by atoms with Gasteiger partial charge < -0.3 is 9.30 Å². The van der Waals surface area contributed by atoms with E-state index >= 15 is 0 Å². The summed E-state index contributed by atoms with van der Waals surface area (Å²) >= 11 is 1.75. The molecule has 0 aromatic carbocycles. The minimum absolute atomic E-state index is 0.221. The van der Waals surface area contributed by atoms with Crippen molar-refractivity contribution < 1.29 is 4.74 Å². The van der Waals surface area contributed by atoms with Crippen LogP contribution in [0.2, 0.25) is 0 Å². The second-order valence-electron chi connectivity index (χ2n) is 6.25. The van der Waals surface area contributed by atoms with Gasteiger partial charge in [0, 0.05) is 38.2 Å². The number of hydrogen-bond donors (Lipinski definition) is 0. The molecule has 4 heterocycles. The zero-order chi connectivity index (χ0) is 17.1. The Bertz CT molecular complexity index is 808. The van der Waals surface area contributed by atoms with Gasteiger partial charge in [0.15, 0.2) is 0 Å². The predicted octanol–water partition coefficient (Wildman–Crippen LogP) is 3.39. The van der Waals surface area contributed by atoms with Crippen LogP contribution in [0, 0.1) is 6.92 Å². The monoisotopic (exact) mass is 354 g/mol. The Morgan fingerprint density at radius 2 is 2.04 bits per heavy atom. The average molecular weight is 354 g/mol. The fraction of sp³-hybridized carbons (Fsp3) is 0.368. The maximum atomic E-state index is 5.54. The van der Waals surface area contributed by atoms with E-state index < -0.39 is 0 Å². The molecule has 1 aliphatic rings. The molecule has 4 rings (SSSR count). The average Bonchev–Trinajstić information content (AvgIpc) is 3.29. The van der Waals surface area contributed by atoms with Gasteiger partial charge in [-0.3, -0.25) is 9.88 Å². The van der Waals surface area contributed by atoms with E-state index in [0.29, 0.717) is 0 Å². The molecule has 0 bridgehead atoms. The van der Waals surface area contributed by atoms with Crippen molar-refractivity contribution in [1.82, 2.24) is 19.4 Å². The van der Waals surface area contributed by atoms with Gasteiger partial charge >= 0.3 is 0 Å². The number of nitrogens with zero attached hydrogens (tertiary/aromatic N) is 4. The molecule has 1 atom stereocenters. The molecule has 3 aromatic rings. The summed E-state index contributed by atoms with van der Waals surface area (Å²) < 4.78 is 7.80. The summed E-state index contributed by atoms with van der Waals surface area (Å²) in [5.74, 6) is 1.04. The number of imidazole rings is 1. The van der Waals surface area contributed by atoms with Crippen molar-refractivity contribution in [3.05, 3.63) is 59.5 Å². The molecule has 0 amide bonds. The lowest BCUT2D eigenvalue weighted by Crippen LogP contribution is -2.41. The lowest BCUT2D eigenvalue weighted by Gasteiger charge is -2.34. The lowest BCUT2D eigenvalue weighted by atomic mass is 10.1. The molecular weight excluding hydrogens is 332 g/mol. The van der Waals surface area contributed by atoms with Crippen LogP contribution in [0.1, 0.15) is 17.3 Å². The van der Waals surface area contributed by atoms with Crippen LogP contribution in [-0.4, -0.2) is 45.7 Å². The Kier molecular flexibility index (Phi) is 4.92. The van der Waals surface area contributed by atoms with Crippen molar-refractivity contribution in [1.29, 1.82) is 0 Å². The third-order valence-corrected chi connectivity index (χ3v) is 5.68. The molecule has 1 saturated heterocycles. The minimum atomic E-state index is 0.221. The molecule has 25 heavy (non-hydrogen) atoms. The summed E-state index contributed by atoms with van der Waals surface area (Å²) in [6.45, 7) is 6.41. The minimum Gasteiger partial charge on any atom is -0.379 e. The highest BCUT2D eigenvalue weighted by Gasteiger charge is 2.25. The largest absolute Gasteiger partial charge is 0.379 e. The van der Waals surface area contributed by atoms with Crippen LogP contribution in [0.4, 0.5) is 0 Å². The van der Waals surface area contributed by atoms with E-state index in [2.05, 4.69) is 56.1 Å². The summed E-state index contributed by atoms with van der Waals surface area (Å²) in [4.78, 5) is 13.0. The van der Waals surface area contributed by atoms with Gasteiger partial charge in [-0.15, -0.1) is 11.3 Å². The van der Waals surface area contributed by atoms with Gasteiger partial charge in [0.1, 0.15) is 5.82 Å². The molecule has 0 spiro atoms. The summed E-state index contributed by atoms with van der Waals surface area (Å²) in [6.07, 6.45) is 5.84. The number of thiophene rings is 1. The first-order chi connectivity index (χ1) is 12.3. The molecule has 3 aromatic heterocycles. The Balaban J connectivity index is 1.66. The first-order valence-corrected chi connectivity index (χ1v) is 9.49. The highest BCUT2D eigenvalue weighted by molar-refractivity contribution is 7.13. The number of ether oxygens (including phenoxy) is 1. The van der Waals surface area contributed by atoms with Gasteiger partial charge in [-0.25, -0.2) is 4.98 Å². The van der Waals surface area contributed by atoms with Crippen molar-refractivity contribution in [2.75, 3.05) is 26.3 Å². The van der Waals surface area contributed by atoms with Crippen LogP contribution < -0.4 is 0 Å². The van der Waals surface area contributed by atoms with E-state index in [1.54, 1.807) is 11.3 Å². The summed E-state index contributed by atoms with van der Waals surface area (Å²) in [6, 6.07) is 8.52. The normalized spacial score (nSPS) is 16.8. The second kappa shape index (κ2) is 7.47. The molecule has 6 heteroatoms.